The molecular weight excluding hydrogens is 246 g/mol. The molecular formula is C15H22F2N2. The van der Waals surface area contributed by atoms with Crippen LogP contribution in [0.25, 0.3) is 0 Å². The summed E-state index contributed by atoms with van der Waals surface area (Å²) in [7, 11) is 0. The minimum atomic E-state index is -0.517. The van der Waals surface area contributed by atoms with Gasteiger partial charge in [0.1, 0.15) is 11.6 Å². The Bertz CT molecular complexity index is 436. The Morgan fingerprint density at radius 1 is 1.37 bits per heavy atom. The second-order valence-electron chi connectivity index (χ2n) is 5.64. The van der Waals surface area contributed by atoms with Gasteiger partial charge in [0.2, 0.25) is 0 Å². The predicted molar refractivity (Wildman–Crippen MR) is 73.0 cm³/mol. The van der Waals surface area contributed by atoms with Crippen LogP contribution in [0.15, 0.2) is 18.2 Å². The van der Waals surface area contributed by atoms with E-state index in [-0.39, 0.29) is 5.54 Å². The standard InChI is InChI=1S/C15H22F2N2/c1-3-15(2)11-19(8-4-7-18-15)10-12-5-6-13(16)9-14(12)17/h5-6,9,18H,3-4,7-8,10-11H2,1-2H3. The van der Waals surface area contributed by atoms with Gasteiger partial charge < -0.3 is 5.32 Å². The van der Waals surface area contributed by atoms with Crippen LogP contribution in [0.4, 0.5) is 8.78 Å². The predicted octanol–water partition coefficient (Wildman–Crippen LogP) is 2.93. The summed E-state index contributed by atoms with van der Waals surface area (Å²) in [6.45, 7) is 7.73. The average Bonchev–Trinajstić information content (AvgIpc) is 2.55. The van der Waals surface area contributed by atoms with Crippen LogP contribution in [0, 0.1) is 11.6 Å². The molecule has 1 N–H and O–H groups in total. The van der Waals surface area contributed by atoms with Crippen molar-refractivity contribution in [1.82, 2.24) is 10.2 Å². The second-order valence-corrected chi connectivity index (χ2v) is 5.64. The van der Waals surface area contributed by atoms with E-state index in [1.807, 2.05) is 0 Å². The number of halogens is 2. The third kappa shape index (κ3) is 3.74. The highest BCUT2D eigenvalue weighted by atomic mass is 19.1. The van der Waals surface area contributed by atoms with Crippen LogP contribution in [0.5, 0.6) is 0 Å². The van der Waals surface area contributed by atoms with E-state index in [0.717, 1.165) is 38.5 Å². The van der Waals surface area contributed by atoms with E-state index in [1.54, 1.807) is 6.07 Å². The molecule has 1 unspecified atom stereocenters. The maximum absolute atomic E-state index is 13.7. The number of hydrogen-bond donors (Lipinski definition) is 1. The summed E-state index contributed by atoms with van der Waals surface area (Å²) in [5, 5.41) is 3.55. The Kier molecular flexibility index (Phi) is 4.53. The molecule has 1 aliphatic heterocycles. The molecule has 4 heteroatoms. The molecule has 0 radical (unpaired) electrons. The monoisotopic (exact) mass is 268 g/mol. The van der Waals surface area contributed by atoms with Crippen LogP contribution in [0.2, 0.25) is 0 Å². The molecule has 0 amide bonds. The molecule has 0 aliphatic carbocycles. The lowest BCUT2D eigenvalue weighted by atomic mass is 9.98. The summed E-state index contributed by atoms with van der Waals surface area (Å²) < 4.78 is 26.6. The first-order valence-electron chi connectivity index (χ1n) is 6.94. The number of rotatable bonds is 3. The normalized spacial score (nSPS) is 25.3. The highest BCUT2D eigenvalue weighted by Crippen LogP contribution is 2.18. The summed E-state index contributed by atoms with van der Waals surface area (Å²) in [5.74, 6) is -0.965. The highest BCUT2D eigenvalue weighted by molar-refractivity contribution is 5.18. The van der Waals surface area contributed by atoms with Crippen LogP contribution in [-0.4, -0.2) is 30.1 Å². The van der Waals surface area contributed by atoms with Crippen LogP contribution in [-0.2, 0) is 6.54 Å². The van der Waals surface area contributed by atoms with Crippen LogP contribution in [0.1, 0.15) is 32.3 Å². The molecule has 1 fully saturated rings. The SMILES string of the molecule is CCC1(C)CN(Cc2ccc(F)cc2F)CCCN1. The molecule has 1 aromatic rings. The van der Waals surface area contributed by atoms with Gasteiger partial charge in [-0.3, -0.25) is 4.90 Å². The maximum Gasteiger partial charge on any atom is 0.130 e. The molecule has 1 saturated heterocycles. The fourth-order valence-electron chi connectivity index (χ4n) is 2.58. The van der Waals surface area contributed by atoms with Crippen molar-refractivity contribution < 1.29 is 8.78 Å². The van der Waals surface area contributed by atoms with E-state index < -0.39 is 11.6 Å². The summed E-state index contributed by atoms with van der Waals surface area (Å²) in [6.07, 6.45) is 2.09. The Labute approximate surface area is 113 Å². The largest absolute Gasteiger partial charge is 0.310 e. The summed E-state index contributed by atoms with van der Waals surface area (Å²) in [4.78, 5) is 2.25. The molecule has 1 atom stereocenters. The number of benzene rings is 1. The Morgan fingerprint density at radius 2 is 2.16 bits per heavy atom. The van der Waals surface area contributed by atoms with Gasteiger partial charge in [-0.1, -0.05) is 13.0 Å². The first-order valence-corrected chi connectivity index (χ1v) is 6.94. The summed E-state index contributed by atoms with van der Waals surface area (Å²) >= 11 is 0. The van der Waals surface area contributed by atoms with Crippen LogP contribution < -0.4 is 5.32 Å². The van der Waals surface area contributed by atoms with Gasteiger partial charge in [0, 0.05) is 30.3 Å². The van der Waals surface area contributed by atoms with Crippen molar-refractivity contribution in [3.63, 3.8) is 0 Å². The van der Waals surface area contributed by atoms with Gasteiger partial charge in [-0.2, -0.15) is 0 Å². The van der Waals surface area contributed by atoms with Gasteiger partial charge in [0.05, 0.1) is 0 Å². The van der Waals surface area contributed by atoms with Crippen molar-refractivity contribution in [3.05, 3.63) is 35.4 Å². The molecule has 1 aliphatic rings. The Morgan fingerprint density at radius 3 is 2.84 bits per heavy atom. The molecule has 0 bridgehead atoms. The van der Waals surface area contributed by atoms with Crippen LogP contribution >= 0.6 is 0 Å². The number of hydrogen-bond acceptors (Lipinski definition) is 2. The van der Waals surface area contributed by atoms with E-state index in [4.69, 9.17) is 0 Å². The van der Waals surface area contributed by atoms with Crippen molar-refractivity contribution >= 4 is 0 Å². The molecule has 106 valence electrons. The first-order chi connectivity index (χ1) is 9.02. The third-order valence-corrected chi connectivity index (χ3v) is 3.96. The molecule has 1 aromatic carbocycles. The maximum atomic E-state index is 13.7. The zero-order valence-electron chi connectivity index (χ0n) is 11.7. The molecule has 0 aromatic heterocycles. The lowest BCUT2D eigenvalue weighted by molar-refractivity contribution is 0.206. The highest BCUT2D eigenvalue weighted by Gasteiger charge is 2.27. The fourth-order valence-corrected chi connectivity index (χ4v) is 2.58. The molecule has 1 heterocycles. The minimum absolute atomic E-state index is 0.0764. The minimum Gasteiger partial charge on any atom is -0.310 e. The smallest absolute Gasteiger partial charge is 0.130 e. The molecule has 19 heavy (non-hydrogen) atoms. The van der Waals surface area contributed by atoms with Gasteiger partial charge >= 0.3 is 0 Å². The van der Waals surface area contributed by atoms with Crippen molar-refractivity contribution in [1.29, 1.82) is 0 Å². The van der Waals surface area contributed by atoms with Gasteiger partial charge in [-0.05, 0) is 38.9 Å². The lowest BCUT2D eigenvalue weighted by Gasteiger charge is -2.32. The van der Waals surface area contributed by atoms with Gasteiger partial charge in [-0.25, -0.2) is 8.78 Å². The topological polar surface area (TPSA) is 15.3 Å². The quantitative estimate of drug-likeness (QED) is 0.906. The van der Waals surface area contributed by atoms with E-state index >= 15 is 0 Å². The Balaban J connectivity index is 2.08. The van der Waals surface area contributed by atoms with Crippen molar-refractivity contribution in [2.75, 3.05) is 19.6 Å². The average molecular weight is 268 g/mol. The summed E-state index contributed by atoms with van der Waals surface area (Å²) in [6, 6.07) is 3.84. The fraction of sp³-hybridized carbons (Fsp3) is 0.600. The zero-order valence-corrected chi connectivity index (χ0v) is 11.7. The molecule has 2 rings (SSSR count). The second kappa shape index (κ2) is 5.97. The van der Waals surface area contributed by atoms with Crippen LogP contribution in [0.3, 0.4) is 0 Å². The zero-order chi connectivity index (χ0) is 13.9. The van der Waals surface area contributed by atoms with Gasteiger partial charge in [0.15, 0.2) is 0 Å². The van der Waals surface area contributed by atoms with E-state index in [0.29, 0.717) is 12.1 Å². The van der Waals surface area contributed by atoms with E-state index in [9.17, 15) is 8.78 Å². The first kappa shape index (κ1) is 14.4. The lowest BCUT2D eigenvalue weighted by Crippen LogP contribution is -2.48. The van der Waals surface area contributed by atoms with Crippen molar-refractivity contribution in [2.45, 2.75) is 38.8 Å². The molecule has 0 saturated carbocycles. The molecule has 2 nitrogen and oxygen atoms in total. The van der Waals surface area contributed by atoms with Crippen molar-refractivity contribution in [2.24, 2.45) is 0 Å². The number of nitrogens with zero attached hydrogens (tertiary/aromatic N) is 1. The van der Waals surface area contributed by atoms with Crippen molar-refractivity contribution in [3.8, 4) is 0 Å². The van der Waals surface area contributed by atoms with E-state index in [2.05, 4.69) is 24.1 Å². The molecule has 0 spiro atoms. The third-order valence-electron chi connectivity index (χ3n) is 3.96. The summed E-state index contributed by atoms with van der Waals surface area (Å²) in [5.41, 5.74) is 0.647. The van der Waals surface area contributed by atoms with E-state index in [1.165, 1.54) is 6.07 Å². The number of nitrogens with one attached hydrogen (secondary N) is 1. The Hall–Kier alpha value is -1.00. The van der Waals surface area contributed by atoms with Gasteiger partial charge in [-0.15, -0.1) is 0 Å². The van der Waals surface area contributed by atoms with Gasteiger partial charge in [0.25, 0.3) is 0 Å².